The van der Waals surface area contributed by atoms with E-state index in [2.05, 4.69) is 20.4 Å². The fourth-order valence-electron chi connectivity index (χ4n) is 3.53. The minimum atomic E-state index is -4.80. The van der Waals surface area contributed by atoms with Crippen LogP contribution in [0.15, 0.2) is 47.3 Å². The lowest BCUT2D eigenvalue weighted by Crippen LogP contribution is -2.35. The van der Waals surface area contributed by atoms with Gasteiger partial charge in [-0.25, -0.2) is 4.79 Å². The van der Waals surface area contributed by atoms with Gasteiger partial charge in [-0.15, -0.1) is 13.2 Å². The number of H-pyrrole nitrogens is 1. The molecule has 162 valence electrons. The van der Waals surface area contributed by atoms with Gasteiger partial charge in [0, 0.05) is 29.5 Å². The number of urea groups is 1. The summed E-state index contributed by atoms with van der Waals surface area (Å²) in [6.07, 6.45) is -4.36. The maximum atomic E-state index is 12.7. The van der Waals surface area contributed by atoms with Crippen LogP contribution in [0.1, 0.15) is 23.6 Å². The largest absolute Gasteiger partial charge is 0.573 e. The van der Waals surface area contributed by atoms with Gasteiger partial charge in [-0.2, -0.15) is 0 Å². The van der Waals surface area contributed by atoms with Crippen LogP contribution in [0.25, 0.3) is 10.9 Å². The van der Waals surface area contributed by atoms with E-state index < -0.39 is 24.2 Å². The molecule has 1 aliphatic heterocycles. The Morgan fingerprint density at radius 1 is 1.19 bits per heavy atom. The Morgan fingerprint density at radius 2 is 2.00 bits per heavy atom. The number of benzene rings is 2. The van der Waals surface area contributed by atoms with Crippen LogP contribution in [0.5, 0.6) is 11.5 Å². The zero-order chi connectivity index (χ0) is 22.2. The van der Waals surface area contributed by atoms with E-state index in [0.717, 1.165) is 11.6 Å². The molecule has 2 heterocycles. The Hall–Kier alpha value is -3.69. The molecule has 2 aromatic carbocycles. The minimum Gasteiger partial charge on any atom is -0.493 e. The van der Waals surface area contributed by atoms with Gasteiger partial charge in [-0.3, -0.25) is 4.79 Å². The van der Waals surface area contributed by atoms with Crippen molar-refractivity contribution in [1.82, 2.24) is 10.3 Å². The number of nitrogens with one attached hydrogen (secondary N) is 3. The van der Waals surface area contributed by atoms with Crippen molar-refractivity contribution in [2.45, 2.75) is 25.7 Å². The van der Waals surface area contributed by atoms with Crippen LogP contribution in [0.2, 0.25) is 0 Å². The molecule has 4 rings (SSSR count). The minimum absolute atomic E-state index is 0.220. The highest BCUT2D eigenvalue weighted by atomic mass is 19.4. The molecule has 0 saturated heterocycles. The molecule has 1 atom stereocenters. The molecule has 10 heteroatoms. The first-order valence-electron chi connectivity index (χ1n) is 9.42. The van der Waals surface area contributed by atoms with E-state index in [1.165, 1.54) is 18.2 Å². The second-order valence-corrected chi connectivity index (χ2v) is 7.08. The second-order valence-electron chi connectivity index (χ2n) is 7.08. The Morgan fingerprint density at radius 3 is 2.77 bits per heavy atom. The first-order chi connectivity index (χ1) is 14.7. The lowest BCUT2D eigenvalue weighted by atomic mass is 10.0. The number of pyridine rings is 1. The number of halogens is 3. The maximum Gasteiger partial charge on any atom is 0.573 e. The number of carbonyl (C=O) groups is 1. The van der Waals surface area contributed by atoms with E-state index in [1.807, 2.05) is 6.92 Å². The van der Waals surface area contributed by atoms with Crippen molar-refractivity contribution in [1.29, 1.82) is 0 Å². The SMILES string of the molecule is Cc1ccc2[nH]c(=O)ccc2c1NC(=O)N[C@@H]1CCOc2cc(OC(F)(F)F)ccc21. The van der Waals surface area contributed by atoms with Crippen LogP contribution < -0.4 is 25.7 Å². The van der Waals surface area contributed by atoms with Crippen LogP contribution in [-0.2, 0) is 0 Å². The summed E-state index contributed by atoms with van der Waals surface area (Å²) in [7, 11) is 0. The Bertz CT molecular complexity index is 1210. The first-order valence-corrected chi connectivity index (χ1v) is 9.42. The topological polar surface area (TPSA) is 92.5 Å². The van der Waals surface area contributed by atoms with Crippen molar-refractivity contribution >= 4 is 22.6 Å². The average Bonchev–Trinajstić information content (AvgIpc) is 2.69. The van der Waals surface area contributed by atoms with E-state index in [-0.39, 0.29) is 17.9 Å². The fourth-order valence-corrected chi connectivity index (χ4v) is 3.53. The van der Waals surface area contributed by atoms with Gasteiger partial charge in [-0.1, -0.05) is 6.07 Å². The van der Waals surface area contributed by atoms with Crippen molar-refractivity contribution < 1.29 is 27.4 Å². The summed E-state index contributed by atoms with van der Waals surface area (Å²) in [6, 6.07) is 9.36. The van der Waals surface area contributed by atoms with Crippen LogP contribution in [0.4, 0.5) is 23.7 Å². The Balaban J connectivity index is 1.54. The number of aryl methyl sites for hydroxylation is 1. The van der Waals surface area contributed by atoms with Crippen LogP contribution in [0.3, 0.4) is 0 Å². The molecular weight excluding hydrogens is 415 g/mol. The third kappa shape index (κ3) is 4.57. The van der Waals surface area contributed by atoms with Gasteiger partial charge in [0.25, 0.3) is 0 Å². The molecule has 0 unspecified atom stereocenters. The number of fused-ring (bicyclic) bond motifs is 2. The average molecular weight is 433 g/mol. The van der Waals surface area contributed by atoms with E-state index in [1.54, 1.807) is 18.2 Å². The smallest absolute Gasteiger partial charge is 0.493 e. The van der Waals surface area contributed by atoms with E-state index in [9.17, 15) is 22.8 Å². The maximum absolute atomic E-state index is 12.7. The number of amides is 2. The predicted molar refractivity (Wildman–Crippen MR) is 107 cm³/mol. The molecule has 0 bridgehead atoms. The molecule has 0 spiro atoms. The molecule has 1 aromatic heterocycles. The summed E-state index contributed by atoms with van der Waals surface area (Å²) in [5.41, 5.74) is 2.24. The molecule has 0 radical (unpaired) electrons. The third-order valence-electron chi connectivity index (χ3n) is 4.92. The summed E-state index contributed by atoms with van der Waals surface area (Å²) in [5.74, 6) is -0.172. The number of anilines is 1. The Labute approximate surface area is 174 Å². The lowest BCUT2D eigenvalue weighted by Gasteiger charge is -2.27. The molecular formula is C21H18F3N3O4. The second kappa shape index (κ2) is 7.86. The number of hydrogen-bond acceptors (Lipinski definition) is 4. The monoisotopic (exact) mass is 433 g/mol. The van der Waals surface area contributed by atoms with Gasteiger partial charge in [0.2, 0.25) is 5.56 Å². The van der Waals surface area contributed by atoms with E-state index >= 15 is 0 Å². The summed E-state index contributed by atoms with van der Waals surface area (Å²) >= 11 is 0. The van der Waals surface area contributed by atoms with Crippen molar-refractivity contribution in [2.24, 2.45) is 0 Å². The quantitative estimate of drug-likeness (QED) is 0.572. The van der Waals surface area contributed by atoms with Crippen LogP contribution in [-0.4, -0.2) is 24.0 Å². The number of hydrogen-bond donors (Lipinski definition) is 3. The lowest BCUT2D eigenvalue weighted by molar-refractivity contribution is -0.274. The number of ether oxygens (including phenoxy) is 2. The van der Waals surface area contributed by atoms with E-state index in [0.29, 0.717) is 28.6 Å². The van der Waals surface area contributed by atoms with Gasteiger partial charge in [0.05, 0.1) is 23.9 Å². The van der Waals surface area contributed by atoms with Gasteiger partial charge in [-0.05, 0) is 36.8 Å². The number of aromatic amines is 1. The number of alkyl halides is 3. The highest BCUT2D eigenvalue weighted by Gasteiger charge is 2.32. The van der Waals surface area contributed by atoms with Gasteiger partial charge in [0.15, 0.2) is 0 Å². The molecule has 2 amide bonds. The first kappa shape index (κ1) is 20.6. The molecule has 3 aromatic rings. The zero-order valence-electron chi connectivity index (χ0n) is 16.3. The Kier molecular flexibility index (Phi) is 5.22. The van der Waals surface area contributed by atoms with Crippen molar-refractivity contribution in [2.75, 3.05) is 11.9 Å². The number of rotatable bonds is 3. The summed E-state index contributed by atoms with van der Waals surface area (Å²) in [4.78, 5) is 27.0. The standard InChI is InChI=1S/C21H18F3N3O4/c1-11-2-6-15-14(5-7-18(28)25-15)19(11)27-20(29)26-16-8-9-30-17-10-12(3-4-13(16)17)31-21(22,23)24/h2-7,10,16H,8-9H2,1H3,(H,25,28)(H2,26,27,29)/t16-/m1/s1. The highest BCUT2D eigenvalue weighted by molar-refractivity contribution is 6.01. The number of aromatic nitrogens is 1. The summed E-state index contributed by atoms with van der Waals surface area (Å²) < 4.78 is 46.7. The molecule has 3 N–H and O–H groups in total. The van der Waals surface area contributed by atoms with Gasteiger partial charge < -0.3 is 25.1 Å². The normalized spacial score (nSPS) is 15.7. The summed E-state index contributed by atoms with van der Waals surface area (Å²) in [5, 5.41) is 6.31. The van der Waals surface area contributed by atoms with Crippen LogP contribution in [0, 0.1) is 6.92 Å². The molecule has 0 fully saturated rings. The summed E-state index contributed by atoms with van der Waals surface area (Å²) in [6.45, 7) is 2.05. The zero-order valence-corrected chi connectivity index (χ0v) is 16.3. The molecule has 31 heavy (non-hydrogen) atoms. The molecule has 7 nitrogen and oxygen atoms in total. The van der Waals surface area contributed by atoms with Crippen molar-refractivity contribution in [3.8, 4) is 11.5 Å². The molecule has 1 aliphatic rings. The van der Waals surface area contributed by atoms with E-state index in [4.69, 9.17) is 4.74 Å². The predicted octanol–water partition coefficient (Wildman–Crippen LogP) is 4.38. The van der Waals surface area contributed by atoms with Gasteiger partial charge >= 0.3 is 12.4 Å². The van der Waals surface area contributed by atoms with Crippen LogP contribution >= 0.6 is 0 Å². The van der Waals surface area contributed by atoms with Gasteiger partial charge in [0.1, 0.15) is 11.5 Å². The number of carbonyl (C=O) groups excluding carboxylic acids is 1. The highest BCUT2D eigenvalue weighted by Crippen LogP contribution is 2.36. The van der Waals surface area contributed by atoms with Crippen molar-refractivity contribution in [3.63, 3.8) is 0 Å². The third-order valence-corrected chi connectivity index (χ3v) is 4.92. The molecule has 0 aliphatic carbocycles. The fraction of sp³-hybridized carbons (Fsp3) is 0.238. The molecule has 0 saturated carbocycles. The van der Waals surface area contributed by atoms with Crippen molar-refractivity contribution in [3.05, 3.63) is 63.9 Å².